The zero-order valence-electron chi connectivity index (χ0n) is 17.5. The molecule has 4 rings (SSSR count). The van der Waals surface area contributed by atoms with Gasteiger partial charge in [-0.1, -0.05) is 30.3 Å². The Hall–Kier alpha value is -4.39. The van der Waals surface area contributed by atoms with E-state index < -0.39 is 5.91 Å². The SMILES string of the molecule is COc1cccc(CC(=O)NNC(=O)c2ccc(Nc3ccnc4ccccc34)cc2)c1. The van der Waals surface area contributed by atoms with Crippen molar-refractivity contribution in [2.24, 2.45) is 0 Å². The predicted molar refractivity (Wildman–Crippen MR) is 124 cm³/mol. The Morgan fingerprint density at radius 1 is 0.906 bits per heavy atom. The molecule has 0 radical (unpaired) electrons. The number of carbonyl (C=O) groups excluding carboxylic acids is 2. The van der Waals surface area contributed by atoms with Crippen molar-refractivity contribution in [1.82, 2.24) is 15.8 Å². The number of fused-ring (bicyclic) bond motifs is 1. The molecule has 4 aromatic rings. The van der Waals surface area contributed by atoms with Gasteiger partial charge in [-0.25, -0.2) is 0 Å². The average Bonchev–Trinajstić information content (AvgIpc) is 2.83. The standard InChI is InChI=1S/C25H22N4O3/c1-32-20-6-4-5-17(15-20)16-24(30)28-29-25(31)18-9-11-19(12-10-18)27-23-13-14-26-22-8-3-2-7-21(22)23/h2-15H,16H2,1H3,(H,26,27)(H,28,30)(H,29,31). The number of para-hydroxylation sites is 1. The van der Waals surface area contributed by atoms with Gasteiger partial charge in [0, 0.05) is 28.5 Å². The lowest BCUT2D eigenvalue weighted by molar-refractivity contribution is -0.121. The van der Waals surface area contributed by atoms with Crippen LogP contribution in [0.2, 0.25) is 0 Å². The minimum absolute atomic E-state index is 0.125. The molecule has 160 valence electrons. The van der Waals surface area contributed by atoms with E-state index in [0.29, 0.717) is 11.3 Å². The summed E-state index contributed by atoms with van der Waals surface area (Å²) < 4.78 is 5.15. The van der Waals surface area contributed by atoms with Crippen molar-refractivity contribution in [2.75, 3.05) is 12.4 Å². The topological polar surface area (TPSA) is 92.4 Å². The molecule has 3 aromatic carbocycles. The van der Waals surface area contributed by atoms with Crippen LogP contribution in [0, 0.1) is 0 Å². The quantitative estimate of drug-likeness (QED) is 0.406. The smallest absolute Gasteiger partial charge is 0.269 e. The number of aromatic nitrogens is 1. The first-order valence-electron chi connectivity index (χ1n) is 10.1. The van der Waals surface area contributed by atoms with Crippen molar-refractivity contribution in [3.63, 3.8) is 0 Å². The van der Waals surface area contributed by atoms with E-state index in [1.807, 2.05) is 54.6 Å². The number of hydrazine groups is 1. The molecule has 0 bridgehead atoms. The molecule has 0 saturated carbocycles. The molecule has 2 amide bonds. The largest absolute Gasteiger partial charge is 0.497 e. The highest BCUT2D eigenvalue weighted by molar-refractivity contribution is 5.96. The predicted octanol–water partition coefficient (Wildman–Crippen LogP) is 3.99. The maximum absolute atomic E-state index is 12.4. The number of ether oxygens (including phenoxy) is 1. The van der Waals surface area contributed by atoms with E-state index in [9.17, 15) is 9.59 Å². The summed E-state index contributed by atoms with van der Waals surface area (Å²) in [4.78, 5) is 28.9. The molecule has 7 nitrogen and oxygen atoms in total. The molecule has 0 atom stereocenters. The van der Waals surface area contributed by atoms with Gasteiger partial charge in [0.1, 0.15) is 5.75 Å². The van der Waals surface area contributed by atoms with E-state index in [4.69, 9.17) is 4.74 Å². The number of nitrogens with zero attached hydrogens (tertiary/aromatic N) is 1. The van der Waals surface area contributed by atoms with Crippen LogP contribution in [-0.2, 0) is 11.2 Å². The van der Waals surface area contributed by atoms with Crippen LogP contribution in [0.1, 0.15) is 15.9 Å². The van der Waals surface area contributed by atoms with Crippen LogP contribution in [0.25, 0.3) is 10.9 Å². The number of nitrogens with one attached hydrogen (secondary N) is 3. The summed E-state index contributed by atoms with van der Waals surface area (Å²) in [5.41, 5.74) is 8.76. The monoisotopic (exact) mass is 426 g/mol. The highest BCUT2D eigenvalue weighted by Gasteiger charge is 2.09. The molecule has 32 heavy (non-hydrogen) atoms. The molecular formula is C25H22N4O3. The first-order chi connectivity index (χ1) is 15.6. The van der Waals surface area contributed by atoms with E-state index in [1.165, 1.54) is 0 Å². The minimum Gasteiger partial charge on any atom is -0.497 e. The minimum atomic E-state index is -0.398. The number of anilines is 2. The third-order valence-corrected chi connectivity index (χ3v) is 4.89. The summed E-state index contributed by atoms with van der Waals surface area (Å²) in [7, 11) is 1.57. The van der Waals surface area contributed by atoms with Gasteiger partial charge < -0.3 is 10.1 Å². The van der Waals surface area contributed by atoms with Crippen molar-refractivity contribution in [2.45, 2.75) is 6.42 Å². The molecule has 1 aromatic heterocycles. The maximum atomic E-state index is 12.4. The molecule has 7 heteroatoms. The van der Waals surface area contributed by atoms with E-state index in [1.54, 1.807) is 37.6 Å². The van der Waals surface area contributed by atoms with Gasteiger partial charge in [-0.3, -0.25) is 25.4 Å². The summed E-state index contributed by atoms with van der Waals surface area (Å²) in [6.45, 7) is 0. The zero-order valence-corrected chi connectivity index (χ0v) is 17.5. The van der Waals surface area contributed by atoms with E-state index in [0.717, 1.165) is 27.8 Å². The Morgan fingerprint density at radius 3 is 2.53 bits per heavy atom. The number of pyridine rings is 1. The number of benzene rings is 3. The Kier molecular flexibility index (Phi) is 6.27. The summed E-state index contributed by atoms with van der Waals surface area (Å²) in [6.07, 6.45) is 1.88. The number of carbonyl (C=O) groups is 2. The maximum Gasteiger partial charge on any atom is 0.269 e. The van der Waals surface area contributed by atoms with Crippen molar-refractivity contribution in [3.8, 4) is 5.75 Å². The number of rotatable bonds is 6. The summed E-state index contributed by atoms with van der Waals surface area (Å²) >= 11 is 0. The summed E-state index contributed by atoms with van der Waals surface area (Å²) in [5, 5.41) is 4.36. The second kappa shape index (κ2) is 9.61. The average molecular weight is 426 g/mol. The first kappa shape index (κ1) is 20.9. The van der Waals surface area contributed by atoms with Gasteiger partial charge in [0.15, 0.2) is 0 Å². The van der Waals surface area contributed by atoms with Crippen molar-refractivity contribution >= 4 is 34.1 Å². The number of hydrogen-bond acceptors (Lipinski definition) is 5. The lowest BCUT2D eigenvalue weighted by atomic mass is 10.1. The molecule has 0 unspecified atom stereocenters. The van der Waals surface area contributed by atoms with Crippen LogP contribution in [0.4, 0.5) is 11.4 Å². The Labute approximate surface area is 185 Å². The van der Waals surface area contributed by atoms with Gasteiger partial charge in [0.25, 0.3) is 5.91 Å². The van der Waals surface area contributed by atoms with Gasteiger partial charge >= 0.3 is 0 Å². The molecule has 3 N–H and O–H groups in total. The van der Waals surface area contributed by atoms with Gasteiger partial charge in [-0.15, -0.1) is 0 Å². The highest BCUT2D eigenvalue weighted by atomic mass is 16.5. The number of hydrogen-bond donors (Lipinski definition) is 3. The number of amides is 2. The molecule has 0 aliphatic heterocycles. The highest BCUT2D eigenvalue weighted by Crippen LogP contribution is 2.25. The van der Waals surface area contributed by atoms with Crippen LogP contribution >= 0.6 is 0 Å². The van der Waals surface area contributed by atoms with Crippen molar-refractivity contribution in [3.05, 3.63) is 96.2 Å². The fourth-order valence-electron chi connectivity index (χ4n) is 3.28. The molecule has 0 spiro atoms. The fourth-order valence-corrected chi connectivity index (χ4v) is 3.28. The zero-order chi connectivity index (χ0) is 22.3. The molecular weight excluding hydrogens is 404 g/mol. The van der Waals surface area contributed by atoms with Crippen LogP contribution in [0.5, 0.6) is 5.75 Å². The van der Waals surface area contributed by atoms with Crippen molar-refractivity contribution < 1.29 is 14.3 Å². The van der Waals surface area contributed by atoms with E-state index in [-0.39, 0.29) is 12.3 Å². The van der Waals surface area contributed by atoms with Crippen LogP contribution in [-0.4, -0.2) is 23.9 Å². The van der Waals surface area contributed by atoms with Crippen LogP contribution in [0.3, 0.4) is 0 Å². The Balaban J connectivity index is 1.34. The fraction of sp³-hybridized carbons (Fsp3) is 0.0800. The Bertz CT molecular complexity index is 1250. The normalized spacial score (nSPS) is 10.4. The van der Waals surface area contributed by atoms with Crippen LogP contribution in [0.15, 0.2) is 85.1 Å². The van der Waals surface area contributed by atoms with Crippen LogP contribution < -0.4 is 20.9 Å². The van der Waals surface area contributed by atoms with Gasteiger partial charge in [-0.2, -0.15) is 0 Å². The van der Waals surface area contributed by atoms with Crippen molar-refractivity contribution in [1.29, 1.82) is 0 Å². The van der Waals surface area contributed by atoms with Gasteiger partial charge in [0.2, 0.25) is 5.91 Å². The third kappa shape index (κ3) is 5.02. The van der Waals surface area contributed by atoms with E-state index in [2.05, 4.69) is 21.2 Å². The summed E-state index contributed by atoms with van der Waals surface area (Å²) in [5.74, 6) is -0.0489. The first-order valence-corrected chi connectivity index (χ1v) is 10.1. The lowest BCUT2D eigenvalue weighted by Gasteiger charge is -2.11. The second-order valence-electron chi connectivity index (χ2n) is 7.11. The molecule has 1 heterocycles. The van der Waals surface area contributed by atoms with Gasteiger partial charge in [0.05, 0.1) is 19.0 Å². The van der Waals surface area contributed by atoms with Gasteiger partial charge in [-0.05, 0) is 54.1 Å². The summed E-state index contributed by atoms with van der Waals surface area (Å²) in [6, 6.07) is 24.0. The second-order valence-corrected chi connectivity index (χ2v) is 7.11. The lowest BCUT2D eigenvalue weighted by Crippen LogP contribution is -2.42. The number of methoxy groups -OCH3 is 1. The Morgan fingerprint density at radius 2 is 1.72 bits per heavy atom. The molecule has 0 aliphatic rings. The molecule has 0 aliphatic carbocycles. The molecule has 0 saturated heterocycles. The van der Waals surface area contributed by atoms with E-state index >= 15 is 0 Å². The molecule has 0 fully saturated rings. The third-order valence-electron chi connectivity index (χ3n) is 4.89.